The minimum absolute atomic E-state index is 0.164. The Balaban J connectivity index is 2.29. The summed E-state index contributed by atoms with van der Waals surface area (Å²) in [6, 6.07) is 0. The summed E-state index contributed by atoms with van der Waals surface area (Å²) in [5.41, 5.74) is 0.964. The van der Waals surface area contributed by atoms with Gasteiger partial charge in [0.25, 0.3) is 0 Å². The van der Waals surface area contributed by atoms with Crippen LogP contribution in [0.2, 0.25) is 0 Å². The Morgan fingerprint density at radius 2 is 2.24 bits per heavy atom. The molecule has 0 fully saturated rings. The molecule has 0 saturated heterocycles. The molecule has 1 heterocycles. The molecule has 1 rings (SSSR count). The van der Waals surface area contributed by atoms with Crippen LogP contribution in [-0.4, -0.2) is 36.1 Å². The zero-order valence-corrected chi connectivity index (χ0v) is 11.9. The highest BCUT2D eigenvalue weighted by Crippen LogP contribution is 2.13. The Kier molecular flexibility index (Phi) is 5.55. The topological polar surface area (TPSA) is 67.3 Å². The van der Waals surface area contributed by atoms with E-state index in [1.807, 2.05) is 12.3 Å². The monoisotopic (exact) mass is 277 g/mol. The van der Waals surface area contributed by atoms with Gasteiger partial charge in [-0.2, -0.15) is 0 Å². The van der Waals surface area contributed by atoms with Gasteiger partial charge in [-0.05, 0) is 19.8 Å². The second-order valence-electron chi connectivity index (χ2n) is 4.12. The summed E-state index contributed by atoms with van der Waals surface area (Å²) in [4.78, 5) is 4.26. The van der Waals surface area contributed by atoms with Crippen LogP contribution in [-0.2, 0) is 16.3 Å². The first-order chi connectivity index (χ1) is 7.93. The second-order valence-corrected chi connectivity index (χ2v) is 7.53. The van der Waals surface area contributed by atoms with E-state index in [1.165, 1.54) is 11.3 Å². The smallest absolute Gasteiger partial charge is 0.150 e. The van der Waals surface area contributed by atoms with Gasteiger partial charge in [0.15, 0.2) is 0 Å². The number of hydrogen-bond acceptors (Lipinski definition) is 5. The van der Waals surface area contributed by atoms with Gasteiger partial charge in [-0.15, -0.1) is 11.3 Å². The summed E-state index contributed by atoms with van der Waals surface area (Å²) in [6.07, 6.45) is 1.05. The zero-order valence-electron chi connectivity index (χ0n) is 10.2. The molecule has 6 heteroatoms. The van der Waals surface area contributed by atoms with Crippen molar-refractivity contribution in [1.82, 2.24) is 4.98 Å². The Bertz CT molecular complexity index is 439. The van der Waals surface area contributed by atoms with Crippen molar-refractivity contribution in [3.63, 3.8) is 0 Å². The van der Waals surface area contributed by atoms with Crippen molar-refractivity contribution in [2.75, 3.05) is 11.5 Å². The first-order valence-electron chi connectivity index (χ1n) is 5.72. The largest absolute Gasteiger partial charge is 0.393 e. The lowest BCUT2D eigenvalue weighted by Gasteiger charge is -2.08. The molecular weight excluding hydrogens is 258 g/mol. The van der Waals surface area contributed by atoms with E-state index in [9.17, 15) is 13.5 Å². The molecule has 0 aliphatic rings. The zero-order chi connectivity index (χ0) is 12.9. The summed E-state index contributed by atoms with van der Waals surface area (Å²) in [5, 5.41) is 12.6. The standard InChI is InChI=1S/C11H19NO3S2/c1-3-17(14,15)6-4-5-10(13)7-11-12-9(2)8-16-11/h8,10,13H,3-7H2,1-2H3. The summed E-state index contributed by atoms with van der Waals surface area (Å²) in [6.45, 7) is 3.56. The van der Waals surface area contributed by atoms with E-state index in [1.54, 1.807) is 6.92 Å². The molecule has 4 nitrogen and oxygen atoms in total. The number of nitrogens with zero attached hydrogens (tertiary/aromatic N) is 1. The van der Waals surface area contributed by atoms with E-state index in [0.29, 0.717) is 19.3 Å². The molecule has 0 radical (unpaired) electrons. The van der Waals surface area contributed by atoms with E-state index >= 15 is 0 Å². The van der Waals surface area contributed by atoms with Crippen LogP contribution in [0.3, 0.4) is 0 Å². The maximum absolute atomic E-state index is 11.3. The lowest BCUT2D eigenvalue weighted by molar-refractivity contribution is 0.164. The maximum Gasteiger partial charge on any atom is 0.150 e. The fraction of sp³-hybridized carbons (Fsp3) is 0.727. The van der Waals surface area contributed by atoms with Crippen molar-refractivity contribution in [3.05, 3.63) is 16.1 Å². The average molecular weight is 277 g/mol. The number of aromatic nitrogens is 1. The fourth-order valence-electron chi connectivity index (χ4n) is 1.48. The van der Waals surface area contributed by atoms with E-state index in [0.717, 1.165) is 10.7 Å². The molecule has 0 amide bonds. The molecule has 1 unspecified atom stereocenters. The van der Waals surface area contributed by atoms with Gasteiger partial charge in [-0.1, -0.05) is 6.92 Å². The molecule has 1 aromatic rings. The van der Waals surface area contributed by atoms with Crippen LogP contribution in [0.4, 0.5) is 0 Å². The van der Waals surface area contributed by atoms with Gasteiger partial charge in [0, 0.05) is 23.2 Å². The van der Waals surface area contributed by atoms with E-state index < -0.39 is 15.9 Å². The Labute approximate surface area is 107 Å². The third-order valence-corrected chi connectivity index (χ3v) is 5.29. The number of aliphatic hydroxyl groups is 1. The second kappa shape index (κ2) is 6.47. The Morgan fingerprint density at radius 1 is 1.53 bits per heavy atom. The SMILES string of the molecule is CCS(=O)(=O)CCCC(O)Cc1nc(C)cs1. The van der Waals surface area contributed by atoms with Crippen molar-refractivity contribution in [3.8, 4) is 0 Å². The highest BCUT2D eigenvalue weighted by Gasteiger charge is 2.11. The van der Waals surface area contributed by atoms with Gasteiger partial charge in [-0.3, -0.25) is 0 Å². The normalized spacial score (nSPS) is 13.8. The third-order valence-electron chi connectivity index (χ3n) is 2.51. The Hall–Kier alpha value is -0.460. The van der Waals surface area contributed by atoms with Gasteiger partial charge < -0.3 is 5.11 Å². The van der Waals surface area contributed by atoms with E-state index in [4.69, 9.17) is 0 Å². The minimum Gasteiger partial charge on any atom is -0.393 e. The third kappa shape index (κ3) is 5.61. The lowest BCUT2D eigenvalue weighted by Crippen LogP contribution is -2.14. The van der Waals surface area contributed by atoms with Gasteiger partial charge >= 0.3 is 0 Å². The molecule has 1 aromatic heterocycles. The summed E-state index contributed by atoms with van der Waals surface area (Å²) < 4.78 is 22.5. The summed E-state index contributed by atoms with van der Waals surface area (Å²) in [5.74, 6) is 0.340. The van der Waals surface area contributed by atoms with Gasteiger partial charge in [-0.25, -0.2) is 13.4 Å². The lowest BCUT2D eigenvalue weighted by atomic mass is 10.1. The maximum atomic E-state index is 11.3. The first-order valence-corrected chi connectivity index (χ1v) is 8.42. The molecule has 1 N–H and O–H groups in total. The predicted molar refractivity (Wildman–Crippen MR) is 70.1 cm³/mol. The predicted octanol–water partition coefficient (Wildman–Crippen LogP) is 1.57. The quantitative estimate of drug-likeness (QED) is 0.821. The number of aryl methyl sites for hydroxylation is 1. The molecule has 1 atom stereocenters. The van der Waals surface area contributed by atoms with E-state index in [-0.39, 0.29) is 11.5 Å². The van der Waals surface area contributed by atoms with Gasteiger partial charge in [0.2, 0.25) is 0 Å². The highest BCUT2D eigenvalue weighted by atomic mass is 32.2. The number of rotatable bonds is 7. The Morgan fingerprint density at radius 3 is 2.76 bits per heavy atom. The van der Waals surface area contributed by atoms with Crippen molar-refractivity contribution in [2.24, 2.45) is 0 Å². The fourth-order valence-corrected chi connectivity index (χ4v) is 3.22. The number of sulfone groups is 1. The van der Waals surface area contributed by atoms with Crippen LogP contribution >= 0.6 is 11.3 Å². The van der Waals surface area contributed by atoms with Crippen molar-refractivity contribution in [2.45, 2.75) is 39.2 Å². The van der Waals surface area contributed by atoms with Gasteiger partial charge in [0.05, 0.1) is 16.9 Å². The number of hydrogen-bond donors (Lipinski definition) is 1. The van der Waals surface area contributed by atoms with Crippen LogP contribution in [0.5, 0.6) is 0 Å². The molecule has 0 bridgehead atoms. The van der Waals surface area contributed by atoms with Crippen LogP contribution in [0.25, 0.3) is 0 Å². The highest BCUT2D eigenvalue weighted by molar-refractivity contribution is 7.91. The first kappa shape index (κ1) is 14.6. The van der Waals surface area contributed by atoms with Crippen LogP contribution in [0.1, 0.15) is 30.5 Å². The molecule has 98 valence electrons. The van der Waals surface area contributed by atoms with Crippen LogP contribution in [0, 0.1) is 6.92 Å². The molecule has 0 aliphatic heterocycles. The summed E-state index contributed by atoms with van der Waals surface area (Å²) >= 11 is 1.53. The molecular formula is C11H19NO3S2. The molecule has 0 aromatic carbocycles. The van der Waals surface area contributed by atoms with Crippen molar-refractivity contribution >= 4 is 21.2 Å². The average Bonchev–Trinajstić information content (AvgIpc) is 2.63. The molecule has 0 saturated carbocycles. The molecule has 0 aliphatic carbocycles. The van der Waals surface area contributed by atoms with Crippen LogP contribution < -0.4 is 0 Å². The molecule has 17 heavy (non-hydrogen) atoms. The number of thiazole rings is 1. The number of aliphatic hydroxyl groups excluding tert-OH is 1. The van der Waals surface area contributed by atoms with E-state index in [2.05, 4.69) is 4.98 Å². The van der Waals surface area contributed by atoms with Crippen molar-refractivity contribution in [1.29, 1.82) is 0 Å². The van der Waals surface area contributed by atoms with Crippen molar-refractivity contribution < 1.29 is 13.5 Å². The minimum atomic E-state index is -2.91. The van der Waals surface area contributed by atoms with Gasteiger partial charge in [0.1, 0.15) is 9.84 Å². The van der Waals surface area contributed by atoms with Crippen LogP contribution in [0.15, 0.2) is 5.38 Å². The summed E-state index contributed by atoms with van der Waals surface area (Å²) in [7, 11) is -2.91. The molecule has 0 spiro atoms.